The Bertz CT molecular complexity index is 580. The number of aromatic nitrogens is 2. The highest BCUT2D eigenvalue weighted by molar-refractivity contribution is 6.17. The fraction of sp³-hybridized carbons (Fsp3) is 0.167. The van der Waals surface area contributed by atoms with Crippen molar-refractivity contribution in [3.63, 3.8) is 0 Å². The summed E-state index contributed by atoms with van der Waals surface area (Å²) in [4.78, 5) is 15.8. The van der Waals surface area contributed by atoms with E-state index in [2.05, 4.69) is 10.3 Å². The predicted molar refractivity (Wildman–Crippen MR) is 68.8 cm³/mol. The molecule has 0 saturated heterocycles. The number of nitrogens with zero attached hydrogens (tertiary/aromatic N) is 2. The number of aryl methyl sites for hydroxylation is 1. The first-order valence-electron chi connectivity index (χ1n) is 5.14. The van der Waals surface area contributed by atoms with Crippen LogP contribution in [0.4, 0.5) is 11.5 Å². The lowest BCUT2D eigenvalue weighted by atomic mass is 10.2. The van der Waals surface area contributed by atoms with E-state index in [-0.39, 0.29) is 5.56 Å². The van der Waals surface area contributed by atoms with Gasteiger partial charge >= 0.3 is 0 Å². The molecular weight excluding hydrogens is 238 g/mol. The molecule has 0 bridgehead atoms. The second-order valence-electron chi connectivity index (χ2n) is 3.65. The summed E-state index contributed by atoms with van der Waals surface area (Å²) in [6.45, 7) is 0. The monoisotopic (exact) mass is 249 g/mol. The molecule has 2 rings (SSSR count). The summed E-state index contributed by atoms with van der Waals surface area (Å²) in [5.74, 6) is 0.747. The van der Waals surface area contributed by atoms with E-state index < -0.39 is 0 Å². The van der Waals surface area contributed by atoms with Gasteiger partial charge < -0.3 is 9.88 Å². The minimum atomic E-state index is -0.163. The van der Waals surface area contributed by atoms with Gasteiger partial charge in [-0.25, -0.2) is 4.98 Å². The summed E-state index contributed by atoms with van der Waals surface area (Å²) in [5.41, 5.74) is 1.63. The van der Waals surface area contributed by atoms with Gasteiger partial charge in [-0.2, -0.15) is 0 Å². The molecule has 1 aromatic carbocycles. The van der Waals surface area contributed by atoms with Crippen molar-refractivity contribution in [2.24, 2.45) is 7.05 Å². The molecule has 1 N–H and O–H groups in total. The molecule has 1 heterocycles. The topological polar surface area (TPSA) is 46.9 Å². The summed E-state index contributed by atoms with van der Waals surface area (Å²) in [5, 5.41) is 2.98. The molecule has 0 spiro atoms. The van der Waals surface area contributed by atoms with Gasteiger partial charge in [-0.15, -0.1) is 11.6 Å². The lowest BCUT2D eigenvalue weighted by Crippen LogP contribution is -2.20. The number of hydrogen-bond acceptors (Lipinski definition) is 3. The molecule has 0 fully saturated rings. The quantitative estimate of drug-likeness (QED) is 0.849. The first-order chi connectivity index (χ1) is 8.20. The van der Waals surface area contributed by atoms with Crippen molar-refractivity contribution in [1.29, 1.82) is 0 Å². The molecule has 0 radical (unpaired) electrons. The predicted octanol–water partition coefficient (Wildman–Crippen LogP) is 2.26. The number of benzene rings is 1. The van der Waals surface area contributed by atoms with E-state index in [4.69, 9.17) is 11.6 Å². The first-order valence-corrected chi connectivity index (χ1v) is 5.67. The molecule has 5 heteroatoms. The zero-order valence-electron chi connectivity index (χ0n) is 9.35. The van der Waals surface area contributed by atoms with Crippen LogP contribution in [0.25, 0.3) is 0 Å². The van der Waals surface area contributed by atoms with Gasteiger partial charge in [0.1, 0.15) is 0 Å². The molecule has 0 aliphatic carbocycles. The largest absolute Gasteiger partial charge is 0.336 e. The minimum absolute atomic E-state index is 0.163. The van der Waals surface area contributed by atoms with Crippen molar-refractivity contribution >= 4 is 23.1 Å². The molecule has 0 aliphatic heterocycles. The molecule has 0 unspecified atom stereocenters. The third-order valence-electron chi connectivity index (χ3n) is 2.36. The van der Waals surface area contributed by atoms with Crippen LogP contribution in [-0.2, 0) is 12.9 Å². The Balaban J connectivity index is 2.31. The van der Waals surface area contributed by atoms with Gasteiger partial charge in [-0.1, -0.05) is 12.1 Å². The van der Waals surface area contributed by atoms with Crippen LogP contribution in [0.1, 0.15) is 5.56 Å². The number of hydrogen-bond donors (Lipinski definition) is 1. The summed E-state index contributed by atoms with van der Waals surface area (Å²) in [6.07, 6.45) is 3.19. The van der Waals surface area contributed by atoms with Crippen LogP contribution < -0.4 is 10.9 Å². The van der Waals surface area contributed by atoms with Crippen molar-refractivity contribution in [1.82, 2.24) is 9.55 Å². The normalized spacial score (nSPS) is 10.2. The number of halogens is 1. The SMILES string of the molecule is Cn1ccnc(Nc2cccc(CCl)c2)c1=O. The number of rotatable bonds is 3. The summed E-state index contributed by atoms with van der Waals surface area (Å²) in [6, 6.07) is 7.56. The van der Waals surface area contributed by atoms with Crippen molar-refractivity contribution in [3.8, 4) is 0 Å². The van der Waals surface area contributed by atoms with Crippen molar-refractivity contribution in [2.75, 3.05) is 5.32 Å². The highest BCUT2D eigenvalue weighted by Crippen LogP contribution is 2.14. The lowest BCUT2D eigenvalue weighted by Gasteiger charge is -2.06. The lowest BCUT2D eigenvalue weighted by molar-refractivity contribution is 0.845. The Kier molecular flexibility index (Phi) is 3.44. The molecule has 17 heavy (non-hydrogen) atoms. The second kappa shape index (κ2) is 5.01. The zero-order chi connectivity index (χ0) is 12.3. The summed E-state index contributed by atoms with van der Waals surface area (Å²) >= 11 is 5.75. The zero-order valence-corrected chi connectivity index (χ0v) is 10.1. The van der Waals surface area contributed by atoms with Crippen LogP contribution in [0.15, 0.2) is 41.5 Å². The van der Waals surface area contributed by atoms with E-state index in [9.17, 15) is 4.79 Å². The maximum absolute atomic E-state index is 11.7. The Labute approximate surface area is 104 Å². The van der Waals surface area contributed by atoms with Crippen molar-refractivity contribution in [3.05, 3.63) is 52.6 Å². The van der Waals surface area contributed by atoms with Gasteiger partial charge in [0.05, 0.1) is 0 Å². The first kappa shape index (κ1) is 11.7. The Hall–Kier alpha value is -1.81. The summed E-state index contributed by atoms with van der Waals surface area (Å²) in [7, 11) is 1.68. The van der Waals surface area contributed by atoms with E-state index in [0.717, 1.165) is 11.3 Å². The molecule has 2 aromatic rings. The van der Waals surface area contributed by atoms with E-state index >= 15 is 0 Å². The average Bonchev–Trinajstić information content (AvgIpc) is 2.35. The Morgan fingerprint density at radius 3 is 3.06 bits per heavy atom. The van der Waals surface area contributed by atoms with E-state index in [1.807, 2.05) is 24.3 Å². The van der Waals surface area contributed by atoms with Crippen LogP contribution in [-0.4, -0.2) is 9.55 Å². The fourth-order valence-corrected chi connectivity index (χ4v) is 1.62. The molecule has 0 saturated carbocycles. The highest BCUT2D eigenvalue weighted by Gasteiger charge is 2.03. The van der Waals surface area contributed by atoms with Gasteiger partial charge in [0.15, 0.2) is 5.82 Å². The second-order valence-corrected chi connectivity index (χ2v) is 3.92. The molecule has 0 aliphatic rings. The van der Waals surface area contributed by atoms with E-state index in [1.54, 1.807) is 19.4 Å². The van der Waals surface area contributed by atoms with Crippen LogP contribution in [0, 0.1) is 0 Å². The highest BCUT2D eigenvalue weighted by atomic mass is 35.5. The maximum Gasteiger partial charge on any atom is 0.293 e. The minimum Gasteiger partial charge on any atom is -0.336 e. The van der Waals surface area contributed by atoms with E-state index in [0.29, 0.717) is 11.7 Å². The average molecular weight is 250 g/mol. The number of anilines is 2. The summed E-state index contributed by atoms with van der Waals surface area (Å²) < 4.78 is 1.47. The smallest absolute Gasteiger partial charge is 0.293 e. The number of alkyl halides is 1. The van der Waals surface area contributed by atoms with Gasteiger partial charge in [-0.05, 0) is 17.7 Å². The molecule has 88 valence electrons. The van der Waals surface area contributed by atoms with Crippen molar-refractivity contribution < 1.29 is 0 Å². The molecule has 0 atom stereocenters. The molecule has 4 nitrogen and oxygen atoms in total. The van der Waals surface area contributed by atoms with Gasteiger partial charge in [-0.3, -0.25) is 4.79 Å². The number of nitrogens with one attached hydrogen (secondary N) is 1. The molecular formula is C12H12ClN3O. The fourth-order valence-electron chi connectivity index (χ4n) is 1.45. The standard InChI is InChI=1S/C12H12ClN3O/c1-16-6-5-14-11(12(16)17)15-10-4-2-3-9(7-10)8-13/h2-7H,8H2,1H3,(H,14,15). The van der Waals surface area contributed by atoms with Crippen molar-refractivity contribution in [2.45, 2.75) is 5.88 Å². The van der Waals surface area contributed by atoms with Gasteiger partial charge in [0.25, 0.3) is 5.56 Å². The molecule has 1 aromatic heterocycles. The van der Waals surface area contributed by atoms with Crippen LogP contribution >= 0.6 is 11.6 Å². The van der Waals surface area contributed by atoms with Gasteiger partial charge in [0.2, 0.25) is 0 Å². The maximum atomic E-state index is 11.7. The van der Waals surface area contributed by atoms with Crippen LogP contribution in [0.5, 0.6) is 0 Å². The van der Waals surface area contributed by atoms with Crippen LogP contribution in [0.3, 0.4) is 0 Å². The van der Waals surface area contributed by atoms with E-state index in [1.165, 1.54) is 4.57 Å². The third kappa shape index (κ3) is 2.65. The van der Waals surface area contributed by atoms with Crippen LogP contribution in [0.2, 0.25) is 0 Å². The third-order valence-corrected chi connectivity index (χ3v) is 2.67. The Morgan fingerprint density at radius 1 is 1.47 bits per heavy atom. The Morgan fingerprint density at radius 2 is 2.29 bits per heavy atom. The van der Waals surface area contributed by atoms with Gasteiger partial charge in [0, 0.05) is 31.0 Å². The molecule has 0 amide bonds.